The van der Waals surface area contributed by atoms with Crippen LogP contribution in [0.2, 0.25) is 0 Å². The number of aliphatic hydroxyl groups excluding tert-OH is 1. The molecule has 19 heavy (non-hydrogen) atoms. The molecule has 1 fully saturated rings. The van der Waals surface area contributed by atoms with Crippen LogP contribution in [0.15, 0.2) is 18.3 Å². The van der Waals surface area contributed by atoms with E-state index in [4.69, 9.17) is 4.74 Å². The highest BCUT2D eigenvalue weighted by molar-refractivity contribution is 5.89. The number of anilines is 1. The lowest BCUT2D eigenvalue weighted by Crippen LogP contribution is -2.43. The van der Waals surface area contributed by atoms with Gasteiger partial charge in [0, 0.05) is 19.3 Å². The fourth-order valence-corrected chi connectivity index (χ4v) is 2.17. The first-order valence-corrected chi connectivity index (χ1v) is 6.68. The van der Waals surface area contributed by atoms with Gasteiger partial charge in [-0.15, -0.1) is 0 Å². The lowest BCUT2D eigenvalue weighted by Gasteiger charge is -2.35. The summed E-state index contributed by atoms with van der Waals surface area (Å²) in [4.78, 5) is 17.8. The second-order valence-corrected chi connectivity index (χ2v) is 4.90. The summed E-state index contributed by atoms with van der Waals surface area (Å²) >= 11 is 0. The van der Waals surface area contributed by atoms with Crippen LogP contribution in [0.5, 0.6) is 0 Å². The summed E-state index contributed by atoms with van der Waals surface area (Å²) in [5, 5.41) is 9.88. The maximum atomic E-state index is 11.5. The van der Waals surface area contributed by atoms with Crippen molar-refractivity contribution in [1.29, 1.82) is 0 Å². The van der Waals surface area contributed by atoms with E-state index in [2.05, 4.69) is 11.9 Å². The summed E-state index contributed by atoms with van der Waals surface area (Å²) in [5.41, 5.74) is 0.455. The highest BCUT2D eigenvalue weighted by Crippen LogP contribution is 2.21. The van der Waals surface area contributed by atoms with E-state index in [-0.39, 0.29) is 12.1 Å². The summed E-state index contributed by atoms with van der Waals surface area (Å²) in [6, 6.07) is 3.51. The van der Waals surface area contributed by atoms with Crippen LogP contribution in [0, 0.1) is 5.92 Å². The number of piperidine rings is 1. The van der Waals surface area contributed by atoms with Crippen LogP contribution in [-0.2, 0) is 4.74 Å². The van der Waals surface area contributed by atoms with Crippen LogP contribution < -0.4 is 4.90 Å². The molecule has 5 heteroatoms. The van der Waals surface area contributed by atoms with Gasteiger partial charge in [-0.25, -0.2) is 9.78 Å². The normalized spacial score (nSPS) is 23.2. The fourth-order valence-electron chi connectivity index (χ4n) is 2.17. The van der Waals surface area contributed by atoms with Gasteiger partial charge in [-0.3, -0.25) is 0 Å². The molecule has 1 aliphatic rings. The molecule has 0 aliphatic carbocycles. The Labute approximate surface area is 113 Å². The molecule has 0 bridgehead atoms. The van der Waals surface area contributed by atoms with Crippen molar-refractivity contribution < 1.29 is 14.6 Å². The molecule has 1 saturated heterocycles. The molecule has 0 aromatic carbocycles. The number of aromatic nitrogens is 1. The number of esters is 1. The number of hydrogen-bond acceptors (Lipinski definition) is 5. The van der Waals surface area contributed by atoms with Gasteiger partial charge in [-0.05, 0) is 31.4 Å². The summed E-state index contributed by atoms with van der Waals surface area (Å²) in [7, 11) is 0. The summed E-state index contributed by atoms with van der Waals surface area (Å²) in [6.45, 7) is 5.66. The van der Waals surface area contributed by atoms with Crippen molar-refractivity contribution >= 4 is 11.8 Å². The number of aliphatic hydroxyl groups is 1. The Kier molecular flexibility index (Phi) is 4.37. The van der Waals surface area contributed by atoms with Gasteiger partial charge in [0.2, 0.25) is 0 Å². The predicted octanol–water partition coefficient (Wildman–Crippen LogP) is 1.47. The lowest BCUT2D eigenvalue weighted by atomic mass is 9.96. The number of nitrogens with zero attached hydrogens (tertiary/aromatic N) is 2. The van der Waals surface area contributed by atoms with E-state index in [1.807, 2.05) is 4.90 Å². The topological polar surface area (TPSA) is 62.7 Å². The fraction of sp³-hybridized carbons (Fsp3) is 0.571. The second-order valence-electron chi connectivity index (χ2n) is 4.90. The molecule has 2 heterocycles. The first kappa shape index (κ1) is 13.8. The van der Waals surface area contributed by atoms with Crippen molar-refractivity contribution in [3.8, 4) is 0 Å². The number of pyridine rings is 1. The molecule has 1 aromatic heterocycles. The number of carbonyl (C=O) groups excluding carboxylic acids is 1. The summed E-state index contributed by atoms with van der Waals surface area (Å²) in [6.07, 6.45) is 2.15. The number of hydrogen-bond donors (Lipinski definition) is 1. The molecule has 2 atom stereocenters. The number of carbonyl (C=O) groups is 1. The van der Waals surface area contributed by atoms with E-state index in [0.717, 1.165) is 18.8 Å². The molecule has 104 valence electrons. The minimum absolute atomic E-state index is 0.319. The van der Waals surface area contributed by atoms with E-state index < -0.39 is 0 Å². The third-order valence-electron chi connectivity index (χ3n) is 3.50. The van der Waals surface area contributed by atoms with Crippen LogP contribution >= 0.6 is 0 Å². The quantitative estimate of drug-likeness (QED) is 0.838. The van der Waals surface area contributed by atoms with Gasteiger partial charge in [-0.2, -0.15) is 0 Å². The van der Waals surface area contributed by atoms with Gasteiger partial charge < -0.3 is 14.7 Å². The number of rotatable bonds is 3. The first-order valence-electron chi connectivity index (χ1n) is 6.68. The maximum absolute atomic E-state index is 11.5. The third kappa shape index (κ3) is 3.23. The van der Waals surface area contributed by atoms with Crippen molar-refractivity contribution in [2.24, 2.45) is 5.92 Å². The highest BCUT2D eigenvalue weighted by atomic mass is 16.5. The van der Waals surface area contributed by atoms with Crippen molar-refractivity contribution in [3.05, 3.63) is 23.9 Å². The SMILES string of the molecule is CCOC(=O)c1ccc(N2CCC(C)C(O)C2)nc1. The van der Waals surface area contributed by atoms with Gasteiger partial charge in [0.25, 0.3) is 0 Å². The van der Waals surface area contributed by atoms with Gasteiger partial charge in [0.05, 0.1) is 18.3 Å². The second kappa shape index (κ2) is 6.02. The van der Waals surface area contributed by atoms with E-state index >= 15 is 0 Å². The molecule has 0 radical (unpaired) electrons. The van der Waals surface area contributed by atoms with E-state index in [1.165, 1.54) is 6.20 Å². The minimum Gasteiger partial charge on any atom is -0.462 e. The van der Waals surface area contributed by atoms with Crippen LogP contribution in [0.3, 0.4) is 0 Å². The predicted molar refractivity (Wildman–Crippen MR) is 72.2 cm³/mol. The smallest absolute Gasteiger partial charge is 0.339 e. The van der Waals surface area contributed by atoms with Crippen molar-refractivity contribution in [1.82, 2.24) is 4.98 Å². The molecule has 0 amide bonds. The molecule has 1 aliphatic heterocycles. The van der Waals surface area contributed by atoms with Crippen LogP contribution in [0.1, 0.15) is 30.6 Å². The van der Waals surface area contributed by atoms with E-state index in [9.17, 15) is 9.90 Å². The molecular formula is C14H20N2O3. The third-order valence-corrected chi connectivity index (χ3v) is 3.50. The molecule has 1 N–H and O–H groups in total. The average Bonchev–Trinajstić information content (AvgIpc) is 2.42. The summed E-state index contributed by atoms with van der Waals surface area (Å²) < 4.78 is 4.91. The standard InChI is InChI=1S/C14H20N2O3/c1-3-19-14(18)11-4-5-13(15-8-11)16-7-6-10(2)12(17)9-16/h4-5,8,10,12,17H,3,6-7,9H2,1-2H3. The van der Waals surface area contributed by atoms with E-state index in [1.54, 1.807) is 19.1 Å². The Balaban J connectivity index is 2.04. The molecule has 2 unspecified atom stereocenters. The zero-order valence-electron chi connectivity index (χ0n) is 11.4. The lowest BCUT2D eigenvalue weighted by molar-refractivity contribution is 0.0526. The largest absolute Gasteiger partial charge is 0.462 e. The van der Waals surface area contributed by atoms with Crippen LogP contribution in [0.25, 0.3) is 0 Å². The van der Waals surface area contributed by atoms with Gasteiger partial charge in [0.15, 0.2) is 0 Å². The Morgan fingerprint density at radius 2 is 2.37 bits per heavy atom. The average molecular weight is 264 g/mol. The maximum Gasteiger partial charge on any atom is 0.339 e. The van der Waals surface area contributed by atoms with Crippen molar-refractivity contribution in [3.63, 3.8) is 0 Å². The number of β-amino-alcohol motifs (C(OH)–C–C–N with tert-alkyl or cyclic N) is 1. The Morgan fingerprint density at radius 1 is 1.58 bits per heavy atom. The van der Waals surface area contributed by atoms with Gasteiger partial charge in [-0.1, -0.05) is 6.92 Å². The molecule has 0 spiro atoms. The van der Waals surface area contributed by atoms with Gasteiger partial charge in [0.1, 0.15) is 5.82 Å². The highest BCUT2D eigenvalue weighted by Gasteiger charge is 2.25. The van der Waals surface area contributed by atoms with Crippen LogP contribution in [0.4, 0.5) is 5.82 Å². The molecule has 1 aromatic rings. The Morgan fingerprint density at radius 3 is 2.95 bits per heavy atom. The molecule has 0 saturated carbocycles. The Hall–Kier alpha value is -1.62. The Bertz CT molecular complexity index is 433. The molecule has 2 rings (SSSR count). The summed E-state index contributed by atoms with van der Waals surface area (Å²) in [5.74, 6) is 0.767. The zero-order valence-corrected chi connectivity index (χ0v) is 11.4. The van der Waals surface area contributed by atoms with E-state index in [0.29, 0.717) is 24.6 Å². The molecule has 5 nitrogen and oxygen atoms in total. The first-order chi connectivity index (χ1) is 9.11. The molecular weight excluding hydrogens is 244 g/mol. The van der Waals surface area contributed by atoms with Gasteiger partial charge >= 0.3 is 5.97 Å². The zero-order chi connectivity index (χ0) is 13.8. The number of ether oxygens (including phenoxy) is 1. The van der Waals surface area contributed by atoms with Crippen molar-refractivity contribution in [2.75, 3.05) is 24.6 Å². The minimum atomic E-state index is -0.353. The monoisotopic (exact) mass is 264 g/mol. The van der Waals surface area contributed by atoms with Crippen molar-refractivity contribution in [2.45, 2.75) is 26.4 Å². The van der Waals surface area contributed by atoms with Crippen LogP contribution in [-0.4, -0.2) is 41.9 Å².